The van der Waals surface area contributed by atoms with E-state index < -0.39 is 0 Å². The smallest absolute Gasteiger partial charge is 0.322 e. The van der Waals surface area contributed by atoms with Crippen LogP contribution in [0, 0.1) is 0 Å². The molecule has 0 atom stereocenters. The van der Waals surface area contributed by atoms with E-state index in [0.717, 1.165) is 19.3 Å². The number of hydrogen-bond donors (Lipinski definition) is 0. The molecule has 1 aliphatic carbocycles. The molecule has 0 spiro atoms. The number of carbonyl (C=O) groups excluding carboxylic acids is 1. The lowest BCUT2D eigenvalue weighted by Gasteiger charge is -2.26. The van der Waals surface area contributed by atoms with Gasteiger partial charge in [-0.05, 0) is 19.3 Å². The minimum absolute atomic E-state index is 0.123. The van der Waals surface area contributed by atoms with Crippen molar-refractivity contribution >= 4 is 6.29 Å². The number of ether oxygens (including phenoxy) is 3. The van der Waals surface area contributed by atoms with Crippen molar-refractivity contribution in [2.24, 2.45) is 0 Å². The minimum Gasteiger partial charge on any atom is -0.480 e. The van der Waals surface area contributed by atoms with Crippen LogP contribution in [0.15, 0.2) is 0 Å². The maximum atomic E-state index is 11.0. The van der Waals surface area contributed by atoms with Gasteiger partial charge in [0.1, 0.15) is 11.7 Å². The van der Waals surface area contributed by atoms with Gasteiger partial charge in [-0.2, -0.15) is 9.97 Å². The number of aromatic nitrogens is 2. The summed E-state index contributed by atoms with van der Waals surface area (Å²) in [6, 6.07) is 0.127. The molecule has 1 fully saturated rings. The Labute approximate surface area is 98.9 Å². The van der Waals surface area contributed by atoms with Gasteiger partial charge in [-0.25, -0.2) is 0 Å². The number of nitrogens with zero attached hydrogens (tertiary/aromatic N) is 2. The Bertz CT molecular complexity index is 418. The summed E-state index contributed by atoms with van der Waals surface area (Å²) in [6.45, 7) is 0. The molecule has 1 aromatic heterocycles. The number of carbonyl (C=O) groups is 1. The quantitative estimate of drug-likeness (QED) is 0.719. The summed E-state index contributed by atoms with van der Waals surface area (Å²) in [4.78, 5) is 19.0. The summed E-state index contributed by atoms with van der Waals surface area (Å²) in [5.41, 5.74) is 0.222. The predicted molar refractivity (Wildman–Crippen MR) is 58.8 cm³/mol. The van der Waals surface area contributed by atoms with E-state index >= 15 is 0 Å². The molecule has 0 amide bonds. The molecular weight excluding hydrogens is 224 g/mol. The van der Waals surface area contributed by atoms with Crippen molar-refractivity contribution in [3.8, 4) is 17.8 Å². The van der Waals surface area contributed by atoms with E-state index in [1.54, 1.807) is 0 Å². The van der Waals surface area contributed by atoms with Gasteiger partial charge in [-0.1, -0.05) is 0 Å². The standard InChI is InChI=1S/C11H14N2O4/c1-15-9-8(6-14)10(13-11(12-9)16-2)17-7-4-3-5-7/h6-7H,3-5H2,1-2H3. The van der Waals surface area contributed by atoms with Crippen LogP contribution in [0.4, 0.5) is 0 Å². The van der Waals surface area contributed by atoms with Crippen LogP contribution in [0.3, 0.4) is 0 Å². The van der Waals surface area contributed by atoms with E-state index in [1.807, 2.05) is 0 Å². The van der Waals surface area contributed by atoms with E-state index in [-0.39, 0.29) is 29.4 Å². The summed E-state index contributed by atoms with van der Waals surface area (Å²) in [7, 11) is 2.88. The lowest BCUT2D eigenvalue weighted by atomic mass is 9.96. The van der Waals surface area contributed by atoms with Crippen molar-refractivity contribution in [2.75, 3.05) is 14.2 Å². The summed E-state index contributed by atoms with van der Waals surface area (Å²) in [5, 5.41) is 0. The Balaban J connectivity index is 2.34. The maximum absolute atomic E-state index is 11.0. The van der Waals surface area contributed by atoms with Crippen molar-refractivity contribution in [2.45, 2.75) is 25.4 Å². The summed E-state index contributed by atoms with van der Waals surface area (Å²) in [5.74, 6) is 0.398. The van der Waals surface area contributed by atoms with Crippen LogP contribution in [-0.2, 0) is 0 Å². The highest BCUT2D eigenvalue weighted by molar-refractivity contribution is 5.81. The van der Waals surface area contributed by atoms with Crippen LogP contribution >= 0.6 is 0 Å². The summed E-state index contributed by atoms with van der Waals surface area (Å²) < 4.78 is 15.6. The van der Waals surface area contributed by atoms with Gasteiger partial charge in [0.25, 0.3) is 0 Å². The second-order valence-corrected chi connectivity index (χ2v) is 3.73. The van der Waals surface area contributed by atoms with Crippen LogP contribution in [0.25, 0.3) is 0 Å². The van der Waals surface area contributed by atoms with Crippen LogP contribution < -0.4 is 14.2 Å². The monoisotopic (exact) mass is 238 g/mol. The molecule has 0 N–H and O–H groups in total. The highest BCUT2D eigenvalue weighted by Gasteiger charge is 2.24. The number of hydrogen-bond acceptors (Lipinski definition) is 6. The molecule has 2 rings (SSSR count). The van der Waals surface area contributed by atoms with Crippen molar-refractivity contribution < 1.29 is 19.0 Å². The molecule has 1 aromatic rings. The molecule has 0 aromatic carbocycles. The molecule has 1 saturated carbocycles. The third-order valence-corrected chi connectivity index (χ3v) is 2.68. The van der Waals surface area contributed by atoms with Crippen molar-refractivity contribution in [3.63, 3.8) is 0 Å². The Hall–Kier alpha value is -1.85. The maximum Gasteiger partial charge on any atom is 0.322 e. The molecule has 0 aliphatic heterocycles. The van der Waals surface area contributed by atoms with E-state index in [2.05, 4.69) is 9.97 Å². The van der Waals surface area contributed by atoms with Gasteiger partial charge in [-0.15, -0.1) is 0 Å². The van der Waals surface area contributed by atoms with Crippen molar-refractivity contribution in [1.29, 1.82) is 0 Å². The van der Waals surface area contributed by atoms with Gasteiger partial charge in [0, 0.05) is 0 Å². The van der Waals surface area contributed by atoms with Gasteiger partial charge < -0.3 is 14.2 Å². The van der Waals surface area contributed by atoms with Crippen molar-refractivity contribution in [3.05, 3.63) is 5.56 Å². The molecule has 92 valence electrons. The van der Waals surface area contributed by atoms with Gasteiger partial charge >= 0.3 is 6.01 Å². The fraction of sp³-hybridized carbons (Fsp3) is 0.545. The van der Waals surface area contributed by atoms with E-state index in [9.17, 15) is 4.79 Å². The van der Waals surface area contributed by atoms with Crippen LogP contribution in [-0.4, -0.2) is 36.6 Å². The molecular formula is C11H14N2O4. The Morgan fingerprint density at radius 1 is 1.18 bits per heavy atom. The minimum atomic E-state index is 0.123. The largest absolute Gasteiger partial charge is 0.480 e. The lowest BCUT2D eigenvalue weighted by Crippen LogP contribution is -2.25. The SMILES string of the molecule is COc1nc(OC)c(C=O)c(OC2CCC2)n1. The fourth-order valence-corrected chi connectivity index (χ4v) is 1.49. The summed E-state index contributed by atoms with van der Waals surface area (Å²) in [6.07, 6.45) is 3.85. The molecule has 1 heterocycles. The molecule has 0 unspecified atom stereocenters. The average molecular weight is 238 g/mol. The van der Waals surface area contributed by atoms with Crippen LogP contribution in [0.2, 0.25) is 0 Å². The van der Waals surface area contributed by atoms with Gasteiger partial charge in [0.15, 0.2) is 6.29 Å². The highest BCUT2D eigenvalue weighted by Crippen LogP contribution is 2.30. The van der Waals surface area contributed by atoms with Gasteiger partial charge in [0.2, 0.25) is 11.8 Å². The van der Waals surface area contributed by atoms with Crippen LogP contribution in [0.5, 0.6) is 17.8 Å². The molecule has 17 heavy (non-hydrogen) atoms. The second kappa shape index (κ2) is 4.99. The normalized spacial score (nSPS) is 14.9. The molecule has 0 saturated heterocycles. The zero-order valence-corrected chi connectivity index (χ0v) is 9.80. The van der Waals surface area contributed by atoms with Gasteiger partial charge in [0.05, 0.1) is 14.2 Å². The lowest BCUT2D eigenvalue weighted by molar-refractivity contribution is 0.104. The summed E-state index contributed by atoms with van der Waals surface area (Å²) >= 11 is 0. The third kappa shape index (κ3) is 2.30. The zero-order valence-electron chi connectivity index (χ0n) is 9.80. The Morgan fingerprint density at radius 3 is 2.35 bits per heavy atom. The van der Waals surface area contributed by atoms with E-state index in [4.69, 9.17) is 14.2 Å². The third-order valence-electron chi connectivity index (χ3n) is 2.68. The predicted octanol–water partition coefficient (Wildman–Crippen LogP) is 1.24. The first-order chi connectivity index (χ1) is 8.28. The molecule has 0 radical (unpaired) electrons. The average Bonchev–Trinajstić information content (AvgIpc) is 2.32. The van der Waals surface area contributed by atoms with E-state index in [0.29, 0.717) is 6.29 Å². The molecule has 6 nitrogen and oxygen atoms in total. The van der Waals surface area contributed by atoms with E-state index in [1.165, 1.54) is 14.2 Å². The first-order valence-corrected chi connectivity index (χ1v) is 5.40. The first kappa shape index (κ1) is 11.6. The first-order valence-electron chi connectivity index (χ1n) is 5.40. The topological polar surface area (TPSA) is 70.5 Å². The van der Waals surface area contributed by atoms with Crippen molar-refractivity contribution in [1.82, 2.24) is 9.97 Å². The Morgan fingerprint density at radius 2 is 1.88 bits per heavy atom. The molecule has 0 bridgehead atoms. The number of aldehydes is 1. The second-order valence-electron chi connectivity index (χ2n) is 3.73. The highest BCUT2D eigenvalue weighted by atomic mass is 16.5. The van der Waals surface area contributed by atoms with Crippen LogP contribution in [0.1, 0.15) is 29.6 Å². The number of methoxy groups -OCH3 is 2. The Kier molecular flexibility index (Phi) is 3.41. The number of rotatable bonds is 5. The zero-order chi connectivity index (χ0) is 12.3. The molecule has 1 aliphatic rings. The van der Waals surface area contributed by atoms with Gasteiger partial charge in [-0.3, -0.25) is 4.79 Å². The molecule has 6 heteroatoms. The fourth-order valence-electron chi connectivity index (χ4n) is 1.49.